The minimum atomic E-state index is -0.402. The second-order valence-corrected chi connectivity index (χ2v) is 5.01. The third kappa shape index (κ3) is 2.43. The molecule has 6 heteroatoms. The van der Waals surface area contributed by atoms with Crippen molar-refractivity contribution in [3.63, 3.8) is 0 Å². The molecular formula is C16H16N3O3+. The molecule has 0 aliphatic rings. The minimum Gasteiger partial charge on any atom is -0.436 e. The number of nitro benzene ring substituents is 1. The molecule has 0 atom stereocenters. The van der Waals surface area contributed by atoms with Crippen LogP contribution in [0.4, 0.5) is 5.69 Å². The lowest BCUT2D eigenvalue weighted by atomic mass is 10.1. The molecule has 1 aromatic carbocycles. The van der Waals surface area contributed by atoms with E-state index >= 15 is 0 Å². The Hall–Kier alpha value is -2.76. The molecule has 0 amide bonds. The van der Waals surface area contributed by atoms with Crippen LogP contribution in [0, 0.1) is 10.1 Å². The van der Waals surface area contributed by atoms with Crippen molar-refractivity contribution in [3.8, 4) is 11.5 Å². The van der Waals surface area contributed by atoms with Gasteiger partial charge in [-0.2, -0.15) is 0 Å². The van der Waals surface area contributed by atoms with Gasteiger partial charge in [0.2, 0.25) is 5.89 Å². The SMILES string of the molecule is CCc1cc([N+](=O)[O-])cc2nc(-c3ccc[n+](CC)c3)oc12. The second-order valence-electron chi connectivity index (χ2n) is 5.01. The van der Waals surface area contributed by atoms with Gasteiger partial charge in [0.25, 0.3) is 5.69 Å². The molecule has 3 rings (SSSR count). The Morgan fingerprint density at radius 1 is 1.36 bits per heavy atom. The Balaban J connectivity index is 2.18. The van der Waals surface area contributed by atoms with Crippen molar-refractivity contribution < 1.29 is 13.9 Å². The Morgan fingerprint density at radius 3 is 2.86 bits per heavy atom. The molecule has 0 radical (unpaired) electrons. The molecule has 22 heavy (non-hydrogen) atoms. The van der Waals surface area contributed by atoms with Gasteiger partial charge < -0.3 is 4.42 Å². The molecule has 0 aliphatic carbocycles. The zero-order chi connectivity index (χ0) is 15.7. The molecular weight excluding hydrogens is 282 g/mol. The fourth-order valence-corrected chi connectivity index (χ4v) is 2.42. The Morgan fingerprint density at radius 2 is 2.18 bits per heavy atom. The van der Waals surface area contributed by atoms with Crippen LogP contribution in [0.15, 0.2) is 41.1 Å². The number of hydrogen-bond donors (Lipinski definition) is 0. The zero-order valence-electron chi connectivity index (χ0n) is 12.4. The van der Waals surface area contributed by atoms with Gasteiger partial charge in [0.05, 0.1) is 4.92 Å². The predicted octanol–water partition coefficient (Wildman–Crippen LogP) is 3.27. The summed E-state index contributed by atoms with van der Waals surface area (Å²) in [6.07, 6.45) is 4.57. The molecule has 0 bridgehead atoms. The Kier molecular flexibility index (Phi) is 3.58. The van der Waals surface area contributed by atoms with E-state index in [9.17, 15) is 10.1 Å². The fourth-order valence-electron chi connectivity index (χ4n) is 2.42. The highest BCUT2D eigenvalue weighted by atomic mass is 16.6. The summed E-state index contributed by atoms with van der Waals surface area (Å²) in [4.78, 5) is 15.0. The summed E-state index contributed by atoms with van der Waals surface area (Å²) in [6.45, 7) is 4.84. The smallest absolute Gasteiger partial charge is 0.272 e. The van der Waals surface area contributed by atoms with E-state index < -0.39 is 4.92 Å². The molecule has 0 fully saturated rings. The number of nitrogens with zero attached hydrogens (tertiary/aromatic N) is 3. The third-order valence-electron chi connectivity index (χ3n) is 3.61. The number of nitro groups is 1. The average molecular weight is 298 g/mol. The van der Waals surface area contributed by atoms with Gasteiger partial charge in [-0.3, -0.25) is 10.1 Å². The van der Waals surface area contributed by atoms with Crippen LogP contribution >= 0.6 is 0 Å². The Bertz CT molecular complexity index is 855. The maximum Gasteiger partial charge on any atom is 0.272 e. The van der Waals surface area contributed by atoms with E-state index in [0.717, 1.165) is 17.7 Å². The summed E-state index contributed by atoms with van der Waals surface area (Å²) < 4.78 is 7.88. The number of aryl methyl sites for hydroxylation is 2. The number of fused-ring (bicyclic) bond motifs is 1. The number of benzene rings is 1. The highest BCUT2D eigenvalue weighted by Crippen LogP contribution is 2.29. The molecule has 2 heterocycles. The normalized spacial score (nSPS) is 11.0. The van der Waals surface area contributed by atoms with E-state index in [1.807, 2.05) is 42.9 Å². The molecule has 112 valence electrons. The molecule has 0 unspecified atom stereocenters. The van der Waals surface area contributed by atoms with Gasteiger partial charge in [0.15, 0.2) is 18.0 Å². The zero-order valence-corrected chi connectivity index (χ0v) is 12.4. The van der Waals surface area contributed by atoms with E-state index in [2.05, 4.69) is 4.98 Å². The first-order chi connectivity index (χ1) is 10.6. The molecule has 6 nitrogen and oxygen atoms in total. The summed E-state index contributed by atoms with van der Waals surface area (Å²) in [5.74, 6) is 0.480. The fraction of sp³-hybridized carbons (Fsp3) is 0.250. The van der Waals surface area contributed by atoms with Crippen LogP contribution in [0.2, 0.25) is 0 Å². The molecule has 0 spiro atoms. The highest BCUT2D eigenvalue weighted by molar-refractivity contribution is 5.81. The van der Waals surface area contributed by atoms with Gasteiger partial charge in [-0.15, -0.1) is 0 Å². The van der Waals surface area contributed by atoms with Crippen molar-refractivity contribution in [2.45, 2.75) is 26.8 Å². The van der Waals surface area contributed by atoms with E-state index in [0.29, 0.717) is 23.4 Å². The van der Waals surface area contributed by atoms with Gasteiger partial charge in [-0.05, 0) is 19.4 Å². The van der Waals surface area contributed by atoms with Crippen LogP contribution in [0.25, 0.3) is 22.6 Å². The lowest BCUT2D eigenvalue weighted by Crippen LogP contribution is -2.30. The topological polar surface area (TPSA) is 73.1 Å². The van der Waals surface area contributed by atoms with Crippen LogP contribution < -0.4 is 4.57 Å². The van der Waals surface area contributed by atoms with Crippen LogP contribution in [0.5, 0.6) is 0 Å². The van der Waals surface area contributed by atoms with Crippen molar-refractivity contribution in [2.75, 3.05) is 0 Å². The van der Waals surface area contributed by atoms with Crippen LogP contribution in [0.1, 0.15) is 19.4 Å². The molecule has 0 saturated carbocycles. The van der Waals surface area contributed by atoms with E-state index in [1.54, 1.807) is 6.07 Å². The lowest BCUT2D eigenvalue weighted by Gasteiger charge is -1.97. The van der Waals surface area contributed by atoms with Crippen molar-refractivity contribution >= 4 is 16.8 Å². The number of aromatic nitrogens is 2. The van der Waals surface area contributed by atoms with Crippen molar-refractivity contribution in [3.05, 3.63) is 52.3 Å². The van der Waals surface area contributed by atoms with Crippen LogP contribution in [-0.2, 0) is 13.0 Å². The van der Waals surface area contributed by atoms with Gasteiger partial charge in [-0.1, -0.05) is 6.92 Å². The lowest BCUT2D eigenvalue weighted by molar-refractivity contribution is -0.693. The molecule has 0 N–H and O–H groups in total. The number of non-ortho nitro benzene ring substituents is 1. The minimum absolute atomic E-state index is 0.0425. The monoisotopic (exact) mass is 298 g/mol. The quantitative estimate of drug-likeness (QED) is 0.421. The van der Waals surface area contributed by atoms with Crippen molar-refractivity contribution in [2.24, 2.45) is 0 Å². The summed E-state index contributed by atoms with van der Waals surface area (Å²) in [5.41, 5.74) is 2.83. The number of oxazole rings is 1. The summed E-state index contributed by atoms with van der Waals surface area (Å²) in [7, 11) is 0. The number of hydrogen-bond acceptors (Lipinski definition) is 4. The van der Waals surface area contributed by atoms with Crippen LogP contribution in [0.3, 0.4) is 0 Å². The third-order valence-corrected chi connectivity index (χ3v) is 3.61. The second kappa shape index (κ2) is 5.55. The van der Waals surface area contributed by atoms with Crippen LogP contribution in [-0.4, -0.2) is 9.91 Å². The maximum atomic E-state index is 11.0. The van der Waals surface area contributed by atoms with E-state index in [-0.39, 0.29) is 5.69 Å². The molecule has 3 aromatic rings. The van der Waals surface area contributed by atoms with E-state index in [4.69, 9.17) is 4.42 Å². The van der Waals surface area contributed by atoms with Gasteiger partial charge in [-0.25, -0.2) is 9.55 Å². The Labute approximate surface area is 127 Å². The maximum absolute atomic E-state index is 11.0. The first-order valence-corrected chi connectivity index (χ1v) is 7.19. The summed E-state index contributed by atoms with van der Waals surface area (Å²) in [5, 5.41) is 11.0. The largest absolute Gasteiger partial charge is 0.436 e. The van der Waals surface area contributed by atoms with Gasteiger partial charge in [0.1, 0.15) is 17.6 Å². The van der Waals surface area contributed by atoms with Gasteiger partial charge in [0, 0.05) is 23.8 Å². The summed E-state index contributed by atoms with van der Waals surface area (Å²) in [6, 6.07) is 6.85. The molecule has 0 aliphatic heterocycles. The summed E-state index contributed by atoms with van der Waals surface area (Å²) >= 11 is 0. The highest BCUT2D eigenvalue weighted by Gasteiger charge is 2.18. The first kappa shape index (κ1) is 14.2. The number of pyridine rings is 1. The average Bonchev–Trinajstić information content (AvgIpc) is 2.98. The standard InChI is InChI=1S/C16H16N3O3/c1-3-11-8-13(19(20)21)9-14-15(11)22-16(17-14)12-6-5-7-18(4-2)10-12/h5-10H,3-4H2,1-2H3/q+1. The van der Waals surface area contributed by atoms with E-state index in [1.165, 1.54) is 6.07 Å². The first-order valence-electron chi connectivity index (χ1n) is 7.19. The number of rotatable bonds is 4. The van der Waals surface area contributed by atoms with Crippen molar-refractivity contribution in [1.82, 2.24) is 4.98 Å². The molecule has 0 saturated heterocycles. The van der Waals surface area contributed by atoms with Crippen molar-refractivity contribution in [1.29, 1.82) is 0 Å². The van der Waals surface area contributed by atoms with Gasteiger partial charge >= 0.3 is 0 Å². The predicted molar refractivity (Wildman–Crippen MR) is 81.3 cm³/mol. The molecule has 2 aromatic heterocycles.